The Morgan fingerprint density at radius 1 is 1.29 bits per heavy atom. The maximum Gasteiger partial charge on any atom is 0.188 e. The van der Waals surface area contributed by atoms with Crippen LogP contribution >= 0.6 is 23.2 Å². The number of aryl methyl sites for hydroxylation is 1. The van der Waals surface area contributed by atoms with Gasteiger partial charge in [-0.25, -0.2) is 4.98 Å². The summed E-state index contributed by atoms with van der Waals surface area (Å²) in [5.41, 5.74) is 1.91. The van der Waals surface area contributed by atoms with E-state index in [-0.39, 0.29) is 22.9 Å². The van der Waals surface area contributed by atoms with E-state index >= 15 is 0 Å². The lowest BCUT2D eigenvalue weighted by atomic mass is 10.1. The summed E-state index contributed by atoms with van der Waals surface area (Å²) in [7, 11) is 1.85. The highest BCUT2D eigenvalue weighted by atomic mass is 35.5. The summed E-state index contributed by atoms with van der Waals surface area (Å²) >= 11 is 11.8. The molecule has 0 radical (unpaired) electrons. The maximum atomic E-state index is 12.4. The topological polar surface area (TPSA) is 47.8 Å². The predicted molar refractivity (Wildman–Crippen MR) is 83.0 cm³/mol. The van der Waals surface area contributed by atoms with E-state index in [2.05, 4.69) is 10.1 Å². The zero-order valence-electron chi connectivity index (χ0n) is 11.2. The molecule has 0 spiro atoms. The number of hydrogen-bond donors (Lipinski definition) is 0. The van der Waals surface area contributed by atoms with Gasteiger partial charge in [0.2, 0.25) is 0 Å². The number of ketones is 1. The molecule has 0 unspecified atom stereocenters. The highest BCUT2D eigenvalue weighted by Gasteiger charge is 2.17. The first-order valence-electron chi connectivity index (χ1n) is 6.31. The van der Waals surface area contributed by atoms with Gasteiger partial charge in [0.15, 0.2) is 5.78 Å². The minimum atomic E-state index is -0.180. The van der Waals surface area contributed by atoms with Crippen LogP contribution < -0.4 is 0 Å². The quantitative estimate of drug-likeness (QED) is 0.691. The van der Waals surface area contributed by atoms with Gasteiger partial charge in [-0.05, 0) is 12.1 Å². The molecular weight excluding hydrogens is 309 g/mol. The molecule has 2 heterocycles. The molecule has 0 saturated carbocycles. The summed E-state index contributed by atoms with van der Waals surface area (Å²) in [4.78, 5) is 16.4. The van der Waals surface area contributed by atoms with Crippen LogP contribution in [0.2, 0.25) is 10.0 Å². The van der Waals surface area contributed by atoms with Crippen LogP contribution in [0.4, 0.5) is 0 Å². The fourth-order valence-corrected chi connectivity index (χ4v) is 2.76. The van der Waals surface area contributed by atoms with Crippen molar-refractivity contribution in [1.29, 1.82) is 0 Å². The van der Waals surface area contributed by atoms with Crippen molar-refractivity contribution in [3.63, 3.8) is 0 Å². The molecule has 0 aliphatic heterocycles. The third-order valence-electron chi connectivity index (χ3n) is 3.23. The van der Waals surface area contributed by atoms with Crippen LogP contribution in [0.5, 0.6) is 0 Å². The largest absolute Gasteiger partial charge is 0.292 e. The second kappa shape index (κ2) is 5.47. The number of Topliss-reactive ketones (excluding diaryl/α,β-unsaturated/α-hetero) is 1. The second-order valence-corrected chi connectivity index (χ2v) is 5.52. The van der Waals surface area contributed by atoms with Gasteiger partial charge in [-0.1, -0.05) is 41.4 Å². The third kappa shape index (κ3) is 2.64. The first-order valence-corrected chi connectivity index (χ1v) is 7.06. The molecule has 4 nitrogen and oxygen atoms in total. The molecule has 0 aliphatic rings. The highest BCUT2D eigenvalue weighted by Crippen LogP contribution is 2.22. The molecule has 3 rings (SSSR count). The number of halogens is 2. The molecule has 6 heteroatoms. The molecule has 106 valence electrons. The Morgan fingerprint density at radius 3 is 2.81 bits per heavy atom. The Balaban J connectivity index is 1.97. The van der Waals surface area contributed by atoms with Crippen LogP contribution in [-0.4, -0.2) is 20.5 Å². The van der Waals surface area contributed by atoms with E-state index in [0.717, 1.165) is 10.9 Å². The molecule has 1 aromatic carbocycles. The van der Waals surface area contributed by atoms with Gasteiger partial charge in [0.25, 0.3) is 0 Å². The van der Waals surface area contributed by atoms with Crippen LogP contribution in [-0.2, 0) is 13.5 Å². The number of para-hydroxylation sites is 1. The van der Waals surface area contributed by atoms with E-state index in [1.165, 1.54) is 12.3 Å². The van der Waals surface area contributed by atoms with Crippen LogP contribution in [0.25, 0.3) is 10.9 Å². The summed E-state index contributed by atoms with van der Waals surface area (Å²) in [6.07, 6.45) is 1.56. The summed E-state index contributed by atoms with van der Waals surface area (Å²) in [5, 5.41) is 6.02. The first-order chi connectivity index (χ1) is 10.1. The zero-order chi connectivity index (χ0) is 15.0. The molecule has 0 amide bonds. The van der Waals surface area contributed by atoms with Crippen LogP contribution in [0.3, 0.4) is 0 Å². The lowest BCUT2D eigenvalue weighted by Gasteiger charge is -2.02. The number of carbonyl (C=O) groups is 1. The minimum Gasteiger partial charge on any atom is -0.292 e. The van der Waals surface area contributed by atoms with E-state index in [0.29, 0.717) is 10.7 Å². The smallest absolute Gasteiger partial charge is 0.188 e. The van der Waals surface area contributed by atoms with E-state index < -0.39 is 0 Å². The Kier molecular flexibility index (Phi) is 3.66. The molecule has 0 atom stereocenters. The van der Waals surface area contributed by atoms with Crippen LogP contribution in [0.15, 0.2) is 36.5 Å². The molecule has 21 heavy (non-hydrogen) atoms. The molecule has 0 aliphatic carbocycles. The number of pyridine rings is 1. The molecule has 2 aromatic heterocycles. The number of nitrogens with zero attached hydrogens (tertiary/aromatic N) is 3. The number of fused-ring (bicyclic) bond motifs is 1. The number of rotatable bonds is 3. The number of aromatic nitrogens is 3. The maximum absolute atomic E-state index is 12.4. The zero-order valence-corrected chi connectivity index (χ0v) is 12.7. The van der Waals surface area contributed by atoms with Crippen LogP contribution in [0.1, 0.15) is 16.2 Å². The summed E-state index contributed by atoms with van der Waals surface area (Å²) in [6, 6.07) is 9.28. The lowest BCUT2D eigenvalue weighted by Crippen LogP contribution is -2.08. The predicted octanol–water partition coefficient (Wildman–Crippen LogP) is 3.70. The Morgan fingerprint density at radius 2 is 2.05 bits per heavy atom. The van der Waals surface area contributed by atoms with E-state index in [1.807, 2.05) is 31.3 Å². The molecule has 0 N–H and O–H groups in total. The van der Waals surface area contributed by atoms with Crippen LogP contribution in [0, 0.1) is 0 Å². The Labute approximate surface area is 131 Å². The van der Waals surface area contributed by atoms with Crippen molar-refractivity contribution in [2.24, 2.45) is 7.05 Å². The van der Waals surface area contributed by atoms with Crippen molar-refractivity contribution < 1.29 is 4.79 Å². The molecule has 3 aromatic rings. The fourth-order valence-electron chi connectivity index (χ4n) is 2.27. The van der Waals surface area contributed by atoms with Gasteiger partial charge in [-0.2, -0.15) is 5.10 Å². The van der Waals surface area contributed by atoms with Crippen molar-refractivity contribution in [1.82, 2.24) is 14.8 Å². The first kappa shape index (κ1) is 14.0. The average molecular weight is 320 g/mol. The lowest BCUT2D eigenvalue weighted by molar-refractivity contribution is 0.0987. The van der Waals surface area contributed by atoms with Crippen molar-refractivity contribution in [2.45, 2.75) is 6.42 Å². The van der Waals surface area contributed by atoms with Crippen molar-refractivity contribution in [3.8, 4) is 0 Å². The van der Waals surface area contributed by atoms with Gasteiger partial charge in [-0.15, -0.1) is 0 Å². The Hall–Kier alpha value is -1.91. The molecule has 0 fully saturated rings. The van der Waals surface area contributed by atoms with Gasteiger partial charge in [-0.3, -0.25) is 9.48 Å². The van der Waals surface area contributed by atoms with E-state index in [9.17, 15) is 4.79 Å². The number of hydrogen-bond acceptors (Lipinski definition) is 3. The molecular formula is C15H11Cl2N3O. The van der Waals surface area contributed by atoms with Gasteiger partial charge in [0.1, 0.15) is 5.69 Å². The minimum absolute atomic E-state index is 0.149. The SMILES string of the molecule is Cn1nc(CC(=O)c2ncc(Cl)cc2Cl)c2ccccc21. The van der Waals surface area contributed by atoms with E-state index in [1.54, 1.807) is 4.68 Å². The fraction of sp³-hybridized carbons (Fsp3) is 0.133. The summed E-state index contributed by atoms with van der Waals surface area (Å²) in [5.74, 6) is -0.180. The van der Waals surface area contributed by atoms with Crippen molar-refractivity contribution >= 4 is 39.9 Å². The van der Waals surface area contributed by atoms with Crippen molar-refractivity contribution in [2.75, 3.05) is 0 Å². The Bertz CT molecular complexity index is 842. The van der Waals surface area contributed by atoms with Crippen molar-refractivity contribution in [3.05, 3.63) is 58.0 Å². The van der Waals surface area contributed by atoms with Gasteiger partial charge in [0.05, 0.1) is 27.7 Å². The molecule has 0 saturated heterocycles. The summed E-state index contributed by atoms with van der Waals surface area (Å²) in [6.45, 7) is 0. The monoisotopic (exact) mass is 319 g/mol. The third-order valence-corrected chi connectivity index (χ3v) is 3.73. The average Bonchev–Trinajstić information content (AvgIpc) is 2.76. The summed E-state index contributed by atoms with van der Waals surface area (Å²) < 4.78 is 1.76. The highest BCUT2D eigenvalue weighted by molar-refractivity contribution is 6.36. The second-order valence-electron chi connectivity index (χ2n) is 4.67. The standard InChI is InChI=1S/C15H11Cl2N3O/c1-20-13-5-3-2-4-10(13)12(19-20)7-14(21)15-11(17)6-9(16)8-18-15/h2-6,8H,7H2,1H3. The van der Waals surface area contributed by atoms with Gasteiger partial charge in [0, 0.05) is 18.6 Å². The normalized spacial score (nSPS) is 11.0. The number of carbonyl (C=O) groups excluding carboxylic acids is 1. The number of benzene rings is 1. The molecule has 0 bridgehead atoms. The van der Waals surface area contributed by atoms with E-state index in [4.69, 9.17) is 23.2 Å². The van der Waals surface area contributed by atoms with Gasteiger partial charge >= 0.3 is 0 Å². The van der Waals surface area contributed by atoms with Gasteiger partial charge < -0.3 is 0 Å².